The molecule has 0 radical (unpaired) electrons. The van der Waals surface area contributed by atoms with Crippen LogP contribution in [0.1, 0.15) is 18.7 Å². The minimum absolute atomic E-state index is 0.494. The monoisotopic (exact) mass is 264 g/mol. The van der Waals surface area contributed by atoms with E-state index in [0.717, 1.165) is 56.5 Å². The molecule has 4 N–H and O–H groups in total. The van der Waals surface area contributed by atoms with Crippen molar-refractivity contribution < 1.29 is 0 Å². The van der Waals surface area contributed by atoms with Crippen LogP contribution in [-0.2, 0) is 0 Å². The summed E-state index contributed by atoms with van der Waals surface area (Å²) in [4.78, 5) is 11.2. The first kappa shape index (κ1) is 14.0. The van der Waals surface area contributed by atoms with Crippen molar-refractivity contribution in [2.45, 2.75) is 25.8 Å². The van der Waals surface area contributed by atoms with Crippen LogP contribution in [0.2, 0.25) is 0 Å². The van der Waals surface area contributed by atoms with Gasteiger partial charge in [0.15, 0.2) is 0 Å². The molecular weight excluding hydrogens is 240 g/mol. The summed E-state index contributed by atoms with van der Waals surface area (Å²) in [7, 11) is 1.87. The van der Waals surface area contributed by atoms with Crippen molar-refractivity contribution in [3.05, 3.63) is 11.9 Å². The fourth-order valence-corrected chi connectivity index (χ4v) is 2.46. The Morgan fingerprint density at radius 3 is 2.63 bits per heavy atom. The summed E-state index contributed by atoms with van der Waals surface area (Å²) >= 11 is 0. The van der Waals surface area contributed by atoms with Gasteiger partial charge in [-0.15, -0.1) is 0 Å². The molecule has 6 heteroatoms. The zero-order valence-electron chi connectivity index (χ0n) is 11.8. The Bertz CT molecular complexity index is 400. The van der Waals surface area contributed by atoms with E-state index in [9.17, 15) is 0 Å². The third kappa shape index (κ3) is 4.04. The molecule has 1 aliphatic rings. The lowest BCUT2D eigenvalue weighted by Crippen LogP contribution is -2.41. The quantitative estimate of drug-likeness (QED) is 0.725. The van der Waals surface area contributed by atoms with E-state index in [-0.39, 0.29) is 0 Å². The standard InChI is InChI=1S/C13H24N6/c1-10-16-12(15-2)9-13(17-10)18-11-3-6-19(7-4-11)8-5-14/h9,11H,3-8,14H2,1-2H3,(H2,15,16,17,18). The van der Waals surface area contributed by atoms with Crippen LogP contribution in [0, 0.1) is 6.92 Å². The first-order valence-electron chi connectivity index (χ1n) is 6.93. The van der Waals surface area contributed by atoms with Gasteiger partial charge in [-0.3, -0.25) is 0 Å². The molecule has 1 aromatic heterocycles. The van der Waals surface area contributed by atoms with Crippen LogP contribution in [0.4, 0.5) is 11.6 Å². The highest BCUT2D eigenvalue weighted by molar-refractivity contribution is 5.47. The first-order chi connectivity index (χ1) is 9.21. The summed E-state index contributed by atoms with van der Waals surface area (Å²) in [6.45, 7) is 5.88. The maximum absolute atomic E-state index is 5.58. The van der Waals surface area contributed by atoms with Crippen molar-refractivity contribution in [1.29, 1.82) is 0 Å². The molecule has 2 heterocycles. The Morgan fingerprint density at radius 1 is 1.32 bits per heavy atom. The minimum Gasteiger partial charge on any atom is -0.373 e. The van der Waals surface area contributed by atoms with E-state index in [1.807, 2.05) is 20.0 Å². The average Bonchev–Trinajstić information content (AvgIpc) is 2.40. The summed E-state index contributed by atoms with van der Waals surface area (Å²) in [5.74, 6) is 2.56. The summed E-state index contributed by atoms with van der Waals surface area (Å²) in [5, 5.41) is 6.57. The minimum atomic E-state index is 0.494. The highest BCUT2D eigenvalue weighted by atomic mass is 15.2. The van der Waals surface area contributed by atoms with Gasteiger partial charge in [-0.2, -0.15) is 0 Å². The SMILES string of the molecule is CNc1cc(NC2CCN(CCN)CC2)nc(C)n1. The van der Waals surface area contributed by atoms with E-state index >= 15 is 0 Å². The van der Waals surface area contributed by atoms with Gasteiger partial charge < -0.3 is 21.3 Å². The Morgan fingerprint density at radius 2 is 2.00 bits per heavy atom. The van der Waals surface area contributed by atoms with Crippen LogP contribution in [0.15, 0.2) is 6.07 Å². The third-order valence-corrected chi connectivity index (χ3v) is 3.48. The van der Waals surface area contributed by atoms with E-state index in [2.05, 4.69) is 25.5 Å². The second-order valence-corrected chi connectivity index (χ2v) is 4.98. The molecule has 0 amide bonds. The fraction of sp³-hybridized carbons (Fsp3) is 0.692. The molecule has 1 saturated heterocycles. The van der Waals surface area contributed by atoms with Gasteiger partial charge in [0.2, 0.25) is 0 Å². The second-order valence-electron chi connectivity index (χ2n) is 4.98. The van der Waals surface area contributed by atoms with E-state index in [1.165, 1.54) is 0 Å². The fourth-order valence-electron chi connectivity index (χ4n) is 2.46. The summed E-state index contributed by atoms with van der Waals surface area (Å²) in [6, 6.07) is 2.45. The van der Waals surface area contributed by atoms with Crippen LogP contribution in [0.25, 0.3) is 0 Å². The molecule has 0 aromatic carbocycles. The van der Waals surface area contributed by atoms with Crippen molar-refractivity contribution in [1.82, 2.24) is 14.9 Å². The normalized spacial score (nSPS) is 17.4. The average molecular weight is 264 g/mol. The number of hydrogen-bond donors (Lipinski definition) is 3. The van der Waals surface area contributed by atoms with Gasteiger partial charge in [0.25, 0.3) is 0 Å². The topological polar surface area (TPSA) is 79.1 Å². The van der Waals surface area contributed by atoms with E-state index in [1.54, 1.807) is 0 Å². The number of nitrogens with one attached hydrogen (secondary N) is 2. The van der Waals surface area contributed by atoms with Crippen molar-refractivity contribution in [3.63, 3.8) is 0 Å². The largest absolute Gasteiger partial charge is 0.373 e. The summed E-state index contributed by atoms with van der Waals surface area (Å²) in [5.41, 5.74) is 5.58. The maximum atomic E-state index is 5.58. The number of aromatic nitrogens is 2. The zero-order chi connectivity index (χ0) is 13.7. The number of nitrogens with zero attached hydrogens (tertiary/aromatic N) is 3. The number of aryl methyl sites for hydroxylation is 1. The van der Waals surface area contributed by atoms with E-state index in [4.69, 9.17) is 5.73 Å². The van der Waals surface area contributed by atoms with Gasteiger partial charge in [0, 0.05) is 45.3 Å². The van der Waals surface area contributed by atoms with Crippen LogP contribution < -0.4 is 16.4 Å². The highest BCUT2D eigenvalue weighted by Crippen LogP contribution is 2.17. The number of likely N-dealkylation sites (tertiary alicyclic amines) is 1. The molecule has 106 valence electrons. The Kier molecular flexibility index (Phi) is 4.93. The van der Waals surface area contributed by atoms with Gasteiger partial charge in [-0.05, 0) is 19.8 Å². The molecule has 0 saturated carbocycles. The third-order valence-electron chi connectivity index (χ3n) is 3.48. The smallest absolute Gasteiger partial charge is 0.132 e. The van der Waals surface area contributed by atoms with Crippen molar-refractivity contribution >= 4 is 11.6 Å². The molecule has 1 aliphatic heterocycles. The van der Waals surface area contributed by atoms with Crippen LogP contribution in [0.5, 0.6) is 0 Å². The number of hydrogen-bond acceptors (Lipinski definition) is 6. The summed E-state index contributed by atoms with van der Waals surface area (Å²) < 4.78 is 0. The molecule has 1 aromatic rings. The second kappa shape index (κ2) is 6.68. The molecular formula is C13H24N6. The van der Waals surface area contributed by atoms with Gasteiger partial charge in [-0.1, -0.05) is 0 Å². The van der Waals surface area contributed by atoms with Gasteiger partial charge in [0.05, 0.1) is 0 Å². The predicted molar refractivity (Wildman–Crippen MR) is 78.5 cm³/mol. The van der Waals surface area contributed by atoms with Gasteiger partial charge in [-0.25, -0.2) is 9.97 Å². The van der Waals surface area contributed by atoms with Crippen molar-refractivity contribution in [2.24, 2.45) is 5.73 Å². The van der Waals surface area contributed by atoms with Gasteiger partial charge in [0.1, 0.15) is 17.5 Å². The molecule has 1 fully saturated rings. The van der Waals surface area contributed by atoms with Crippen molar-refractivity contribution in [2.75, 3.05) is 43.9 Å². The number of nitrogens with two attached hydrogens (primary N) is 1. The van der Waals surface area contributed by atoms with Crippen LogP contribution in [-0.4, -0.2) is 54.1 Å². The van der Waals surface area contributed by atoms with Crippen molar-refractivity contribution in [3.8, 4) is 0 Å². The maximum Gasteiger partial charge on any atom is 0.132 e. The highest BCUT2D eigenvalue weighted by Gasteiger charge is 2.18. The lowest BCUT2D eigenvalue weighted by Gasteiger charge is -2.32. The molecule has 6 nitrogen and oxygen atoms in total. The number of piperidine rings is 1. The number of rotatable bonds is 5. The lowest BCUT2D eigenvalue weighted by atomic mass is 10.1. The van der Waals surface area contributed by atoms with Crippen LogP contribution in [0.3, 0.4) is 0 Å². The molecule has 0 unspecified atom stereocenters. The Hall–Kier alpha value is -1.40. The molecule has 0 aliphatic carbocycles. The Balaban J connectivity index is 1.90. The lowest BCUT2D eigenvalue weighted by molar-refractivity contribution is 0.224. The molecule has 0 atom stereocenters. The predicted octanol–water partition coefficient (Wildman–Crippen LogP) is 0.662. The van der Waals surface area contributed by atoms with Gasteiger partial charge >= 0.3 is 0 Å². The van der Waals surface area contributed by atoms with Crippen LogP contribution >= 0.6 is 0 Å². The molecule has 0 spiro atoms. The van der Waals surface area contributed by atoms with E-state index in [0.29, 0.717) is 6.04 Å². The molecule has 2 rings (SSSR count). The molecule has 19 heavy (non-hydrogen) atoms. The zero-order valence-corrected chi connectivity index (χ0v) is 11.8. The number of anilines is 2. The summed E-state index contributed by atoms with van der Waals surface area (Å²) in [6.07, 6.45) is 2.27. The van der Waals surface area contributed by atoms with E-state index < -0.39 is 0 Å². The molecule has 0 bridgehead atoms. The Labute approximate surface area is 114 Å². The first-order valence-corrected chi connectivity index (χ1v) is 6.93.